The molecule has 3 aromatic heterocycles. The van der Waals surface area contributed by atoms with Crippen LogP contribution in [0.25, 0.3) is 11.2 Å². The molecule has 0 aliphatic heterocycles. The summed E-state index contributed by atoms with van der Waals surface area (Å²) in [5.74, 6) is 0.473. The van der Waals surface area contributed by atoms with Crippen LogP contribution in [0.3, 0.4) is 0 Å². The summed E-state index contributed by atoms with van der Waals surface area (Å²) in [7, 11) is 0. The molecule has 0 bridgehead atoms. The van der Waals surface area contributed by atoms with Gasteiger partial charge in [-0.2, -0.15) is 9.97 Å². The van der Waals surface area contributed by atoms with E-state index in [4.69, 9.17) is 10.5 Å². The van der Waals surface area contributed by atoms with Crippen LogP contribution < -0.4 is 10.5 Å². The standard InChI is InChI=1S/C14H14N6O2/c15-14-19-12-11(17-8-18-12)13(20-14)22-6-2-4-10(21)9-3-1-5-16-7-9/h1,3,5,7-8H,2,4,6H2,(H3,15,17,18,19,20). The van der Waals surface area contributed by atoms with Gasteiger partial charge in [0.05, 0.1) is 12.9 Å². The number of nitrogens with one attached hydrogen (secondary N) is 1. The van der Waals surface area contributed by atoms with Crippen molar-refractivity contribution in [2.75, 3.05) is 12.3 Å². The molecule has 8 nitrogen and oxygen atoms in total. The monoisotopic (exact) mass is 298 g/mol. The number of hydrogen-bond acceptors (Lipinski definition) is 7. The molecule has 0 fully saturated rings. The van der Waals surface area contributed by atoms with Gasteiger partial charge in [-0.15, -0.1) is 0 Å². The Kier molecular flexibility index (Phi) is 3.90. The molecule has 112 valence electrons. The van der Waals surface area contributed by atoms with Gasteiger partial charge in [0, 0.05) is 24.4 Å². The molecule has 0 saturated heterocycles. The van der Waals surface area contributed by atoms with E-state index in [0.29, 0.717) is 42.1 Å². The minimum absolute atomic E-state index is 0.0330. The minimum atomic E-state index is 0.0330. The van der Waals surface area contributed by atoms with E-state index in [9.17, 15) is 4.79 Å². The number of carbonyl (C=O) groups is 1. The smallest absolute Gasteiger partial charge is 0.245 e. The number of fused-ring (bicyclic) bond motifs is 1. The van der Waals surface area contributed by atoms with Gasteiger partial charge < -0.3 is 15.5 Å². The second-order valence-corrected chi connectivity index (χ2v) is 4.60. The molecule has 22 heavy (non-hydrogen) atoms. The van der Waals surface area contributed by atoms with Crippen LogP contribution in [0.4, 0.5) is 5.95 Å². The maximum absolute atomic E-state index is 11.9. The summed E-state index contributed by atoms with van der Waals surface area (Å²) in [5.41, 5.74) is 7.24. The third-order valence-corrected chi connectivity index (χ3v) is 3.04. The highest BCUT2D eigenvalue weighted by Gasteiger charge is 2.10. The molecule has 3 aromatic rings. The van der Waals surface area contributed by atoms with Crippen LogP contribution in [0.15, 0.2) is 30.9 Å². The van der Waals surface area contributed by atoms with Crippen molar-refractivity contribution in [2.45, 2.75) is 12.8 Å². The predicted molar refractivity (Wildman–Crippen MR) is 79.4 cm³/mol. The van der Waals surface area contributed by atoms with Gasteiger partial charge in [-0.1, -0.05) is 0 Å². The van der Waals surface area contributed by atoms with E-state index in [2.05, 4.69) is 24.9 Å². The van der Waals surface area contributed by atoms with Crippen molar-refractivity contribution in [1.29, 1.82) is 0 Å². The average Bonchev–Trinajstić information content (AvgIpc) is 3.00. The van der Waals surface area contributed by atoms with Gasteiger partial charge in [0.25, 0.3) is 0 Å². The molecule has 0 amide bonds. The number of hydrogen-bond donors (Lipinski definition) is 2. The van der Waals surface area contributed by atoms with Crippen molar-refractivity contribution >= 4 is 22.9 Å². The van der Waals surface area contributed by atoms with Crippen LogP contribution in [0, 0.1) is 0 Å². The number of carbonyl (C=O) groups excluding carboxylic acids is 1. The Labute approximate surface area is 125 Å². The van der Waals surface area contributed by atoms with Gasteiger partial charge in [-0.25, -0.2) is 4.98 Å². The largest absolute Gasteiger partial charge is 0.476 e. The first-order valence-corrected chi connectivity index (χ1v) is 6.76. The van der Waals surface area contributed by atoms with Gasteiger partial charge in [-0.3, -0.25) is 9.78 Å². The molecule has 0 atom stereocenters. The SMILES string of the molecule is Nc1nc(OCCCC(=O)c2cccnc2)c2[nH]cnc2n1. The summed E-state index contributed by atoms with van der Waals surface area (Å²) in [6, 6.07) is 3.48. The first-order chi connectivity index (χ1) is 10.7. The zero-order chi connectivity index (χ0) is 15.4. The average molecular weight is 298 g/mol. The lowest BCUT2D eigenvalue weighted by Crippen LogP contribution is -2.06. The number of imidazole rings is 1. The number of rotatable bonds is 6. The zero-order valence-corrected chi connectivity index (χ0v) is 11.7. The molecule has 8 heteroatoms. The third-order valence-electron chi connectivity index (χ3n) is 3.04. The first kappa shape index (κ1) is 13.9. The van der Waals surface area contributed by atoms with Crippen molar-refractivity contribution in [3.05, 3.63) is 36.4 Å². The molecule has 3 N–H and O–H groups in total. The highest BCUT2D eigenvalue weighted by molar-refractivity contribution is 5.95. The van der Waals surface area contributed by atoms with Crippen molar-refractivity contribution in [3.63, 3.8) is 0 Å². The van der Waals surface area contributed by atoms with Crippen LogP contribution in [-0.2, 0) is 0 Å². The fourth-order valence-electron chi connectivity index (χ4n) is 2.00. The van der Waals surface area contributed by atoms with Gasteiger partial charge >= 0.3 is 0 Å². The summed E-state index contributed by atoms with van der Waals surface area (Å²) in [4.78, 5) is 30.8. The fraction of sp³-hybridized carbons (Fsp3) is 0.214. The number of nitrogens with zero attached hydrogens (tertiary/aromatic N) is 4. The Bertz CT molecular complexity index is 786. The number of anilines is 1. The van der Waals surface area contributed by atoms with E-state index < -0.39 is 0 Å². The van der Waals surface area contributed by atoms with Crippen LogP contribution in [0.2, 0.25) is 0 Å². The molecule has 0 aliphatic carbocycles. The summed E-state index contributed by atoms with van der Waals surface area (Å²) in [5, 5.41) is 0. The number of ketones is 1. The van der Waals surface area contributed by atoms with Crippen LogP contribution in [0.5, 0.6) is 5.88 Å². The van der Waals surface area contributed by atoms with E-state index in [0.717, 1.165) is 0 Å². The molecule has 0 unspecified atom stereocenters. The Balaban J connectivity index is 1.57. The number of pyridine rings is 1. The lowest BCUT2D eigenvalue weighted by molar-refractivity contribution is 0.0973. The molecule has 0 aromatic carbocycles. The molecule has 0 spiro atoms. The molecular formula is C14H14N6O2. The number of Topliss-reactive ketones (excluding diaryl/α,β-unsaturated/α-hetero) is 1. The van der Waals surface area contributed by atoms with E-state index in [-0.39, 0.29) is 11.7 Å². The first-order valence-electron chi connectivity index (χ1n) is 6.76. The summed E-state index contributed by atoms with van der Waals surface area (Å²) < 4.78 is 5.57. The lowest BCUT2D eigenvalue weighted by Gasteiger charge is -2.06. The highest BCUT2D eigenvalue weighted by Crippen LogP contribution is 2.19. The maximum atomic E-state index is 11.9. The molecule has 3 rings (SSSR count). The number of nitrogens with two attached hydrogens (primary N) is 1. The lowest BCUT2D eigenvalue weighted by atomic mass is 10.1. The molecular weight excluding hydrogens is 284 g/mol. The molecule has 3 heterocycles. The molecule has 0 aliphatic rings. The number of aromatic nitrogens is 5. The summed E-state index contributed by atoms with van der Waals surface area (Å²) in [6.07, 6.45) is 5.63. The summed E-state index contributed by atoms with van der Waals surface area (Å²) in [6.45, 7) is 0.344. The Morgan fingerprint density at radius 3 is 3.09 bits per heavy atom. The Morgan fingerprint density at radius 1 is 1.36 bits per heavy atom. The topological polar surface area (TPSA) is 120 Å². The predicted octanol–water partition coefficient (Wildman–Crippen LogP) is 1.37. The van der Waals surface area contributed by atoms with Crippen molar-refractivity contribution in [2.24, 2.45) is 0 Å². The van der Waals surface area contributed by atoms with E-state index in [1.807, 2.05) is 0 Å². The molecule has 0 radical (unpaired) electrons. The van der Waals surface area contributed by atoms with Gasteiger partial charge in [0.1, 0.15) is 5.52 Å². The number of nitrogen functional groups attached to an aromatic ring is 1. The van der Waals surface area contributed by atoms with Gasteiger partial charge in [-0.05, 0) is 18.6 Å². The summed E-state index contributed by atoms with van der Waals surface area (Å²) >= 11 is 0. The van der Waals surface area contributed by atoms with Crippen molar-refractivity contribution in [3.8, 4) is 5.88 Å². The van der Waals surface area contributed by atoms with E-state index in [1.54, 1.807) is 24.5 Å². The van der Waals surface area contributed by atoms with E-state index >= 15 is 0 Å². The van der Waals surface area contributed by atoms with Gasteiger partial charge in [0.15, 0.2) is 11.4 Å². The van der Waals surface area contributed by atoms with E-state index in [1.165, 1.54) is 6.33 Å². The number of ether oxygens (including phenoxy) is 1. The Hall–Kier alpha value is -3.03. The maximum Gasteiger partial charge on any atom is 0.245 e. The van der Waals surface area contributed by atoms with Crippen LogP contribution in [0.1, 0.15) is 23.2 Å². The second-order valence-electron chi connectivity index (χ2n) is 4.60. The zero-order valence-electron chi connectivity index (χ0n) is 11.7. The number of aromatic amines is 1. The second kappa shape index (κ2) is 6.17. The fourth-order valence-corrected chi connectivity index (χ4v) is 2.00. The third kappa shape index (κ3) is 3.00. The Morgan fingerprint density at radius 2 is 2.27 bits per heavy atom. The number of H-pyrrole nitrogens is 1. The quantitative estimate of drug-likeness (QED) is 0.521. The highest BCUT2D eigenvalue weighted by atomic mass is 16.5. The molecule has 0 saturated carbocycles. The van der Waals surface area contributed by atoms with Gasteiger partial charge in [0.2, 0.25) is 11.8 Å². The van der Waals surface area contributed by atoms with Crippen LogP contribution in [-0.4, -0.2) is 37.3 Å². The minimum Gasteiger partial charge on any atom is -0.476 e. The van der Waals surface area contributed by atoms with Crippen molar-refractivity contribution < 1.29 is 9.53 Å². The van der Waals surface area contributed by atoms with Crippen molar-refractivity contribution in [1.82, 2.24) is 24.9 Å². The normalized spacial score (nSPS) is 10.7. The van der Waals surface area contributed by atoms with Crippen LogP contribution >= 0.6 is 0 Å².